The van der Waals surface area contributed by atoms with Crippen LogP contribution in [-0.2, 0) is 11.9 Å². The highest BCUT2D eigenvalue weighted by Gasteiger charge is 2.17. The molecule has 4 aromatic rings. The van der Waals surface area contributed by atoms with E-state index in [1.165, 1.54) is 22.5 Å². The topological polar surface area (TPSA) is 55.9 Å². The number of hydrogen-bond donors (Lipinski definition) is 1. The van der Waals surface area contributed by atoms with Crippen LogP contribution in [0, 0.1) is 0 Å². The van der Waals surface area contributed by atoms with Crippen LogP contribution in [0.4, 0.5) is 11.4 Å². The van der Waals surface area contributed by atoms with Gasteiger partial charge in [-0.2, -0.15) is 0 Å². The van der Waals surface area contributed by atoms with Gasteiger partial charge in [-0.3, -0.25) is 14.5 Å². The second-order valence-electron chi connectivity index (χ2n) is 11.3. The average molecular weight is 670 g/mol. The molecule has 0 amide bonds. The first-order valence-corrected chi connectivity index (χ1v) is 16.8. The van der Waals surface area contributed by atoms with Crippen molar-refractivity contribution < 1.29 is 9.59 Å². The molecule has 45 heavy (non-hydrogen) atoms. The van der Waals surface area contributed by atoms with Crippen LogP contribution < -0.4 is 15.1 Å². The standard InChI is InChI=1S/C19H22N2O.C12H16N2O.C7H7Br/c1-16(22)18-7-9-19(10-8-18)21-13-11-20(12-14-21)15-17-5-3-2-4-6-17;1-10(15)11-2-4-12(5-3-11)14-8-6-13-7-9-14;8-6-7-4-2-1-3-5-7/h2-10H,11-15H2,1H3;2-5,13H,6-9H2,1H3;1-5H,6H2. The summed E-state index contributed by atoms with van der Waals surface area (Å²) >= 11 is 3.36. The molecule has 2 heterocycles. The van der Waals surface area contributed by atoms with E-state index in [0.29, 0.717) is 0 Å². The maximum absolute atomic E-state index is 11.3. The van der Waals surface area contributed by atoms with Crippen molar-refractivity contribution in [3.63, 3.8) is 0 Å². The monoisotopic (exact) mass is 668 g/mol. The molecular weight excluding hydrogens is 624 g/mol. The fourth-order valence-corrected chi connectivity index (χ4v) is 5.68. The lowest BCUT2D eigenvalue weighted by Gasteiger charge is -2.36. The van der Waals surface area contributed by atoms with Crippen molar-refractivity contribution in [1.82, 2.24) is 10.2 Å². The number of anilines is 2. The van der Waals surface area contributed by atoms with Gasteiger partial charge >= 0.3 is 0 Å². The minimum absolute atomic E-state index is 0.124. The zero-order valence-corrected chi connectivity index (χ0v) is 28.1. The highest BCUT2D eigenvalue weighted by Crippen LogP contribution is 2.19. The van der Waals surface area contributed by atoms with E-state index in [0.717, 1.165) is 75.4 Å². The summed E-state index contributed by atoms with van der Waals surface area (Å²) in [5.74, 6) is 0.251. The van der Waals surface area contributed by atoms with Crippen molar-refractivity contribution in [2.24, 2.45) is 0 Å². The first kappa shape index (κ1) is 34.1. The minimum Gasteiger partial charge on any atom is -0.369 e. The summed E-state index contributed by atoms with van der Waals surface area (Å²) in [4.78, 5) is 29.7. The van der Waals surface area contributed by atoms with Crippen molar-refractivity contribution in [1.29, 1.82) is 0 Å². The number of rotatable bonds is 7. The van der Waals surface area contributed by atoms with Gasteiger partial charge in [0.15, 0.2) is 11.6 Å². The summed E-state index contributed by atoms with van der Waals surface area (Å²) in [5.41, 5.74) is 6.69. The largest absolute Gasteiger partial charge is 0.369 e. The first-order valence-electron chi connectivity index (χ1n) is 15.7. The van der Waals surface area contributed by atoms with Crippen LogP contribution in [-0.4, -0.2) is 68.8 Å². The van der Waals surface area contributed by atoms with Gasteiger partial charge in [0.25, 0.3) is 0 Å². The lowest BCUT2D eigenvalue weighted by Crippen LogP contribution is -2.45. The molecule has 0 atom stereocenters. The third-order valence-electron chi connectivity index (χ3n) is 8.01. The Morgan fingerprint density at radius 3 is 1.40 bits per heavy atom. The molecule has 1 N–H and O–H groups in total. The van der Waals surface area contributed by atoms with Gasteiger partial charge in [0, 0.05) is 86.7 Å². The van der Waals surface area contributed by atoms with E-state index < -0.39 is 0 Å². The fourth-order valence-electron chi connectivity index (χ4n) is 5.31. The quantitative estimate of drug-likeness (QED) is 0.168. The van der Waals surface area contributed by atoms with E-state index in [1.807, 2.05) is 54.6 Å². The van der Waals surface area contributed by atoms with E-state index in [1.54, 1.807) is 13.8 Å². The number of carbonyl (C=O) groups is 2. The van der Waals surface area contributed by atoms with Gasteiger partial charge in [-0.05, 0) is 73.5 Å². The number of alkyl halides is 1. The van der Waals surface area contributed by atoms with Crippen molar-refractivity contribution in [3.05, 3.63) is 131 Å². The van der Waals surface area contributed by atoms with Crippen LogP contribution >= 0.6 is 15.9 Å². The zero-order chi connectivity index (χ0) is 31.9. The van der Waals surface area contributed by atoms with Gasteiger partial charge in [-0.15, -0.1) is 0 Å². The molecule has 0 saturated carbocycles. The van der Waals surface area contributed by atoms with E-state index >= 15 is 0 Å². The van der Waals surface area contributed by atoms with Crippen molar-refractivity contribution in [3.8, 4) is 0 Å². The van der Waals surface area contributed by atoms with Crippen molar-refractivity contribution >= 4 is 38.9 Å². The molecule has 0 aliphatic carbocycles. The summed E-state index contributed by atoms with van der Waals surface area (Å²) in [5, 5.41) is 4.27. The zero-order valence-electron chi connectivity index (χ0n) is 26.5. The van der Waals surface area contributed by atoms with Crippen LogP contribution in [0.3, 0.4) is 0 Å². The number of carbonyl (C=O) groups excluding carboxylic acids is 2. The molecule has 6 rings (SSSR count). The SMILES string of the molecule is BrCc1ccccc1.CC(=O)c1ccc(N2CCN(Cc3ccccc3)CC2)cc1.CC(=O)c1ccc(N2CCNCC2)cc1. The average Bonchev–Trinajstić information content (AvgIpc) is 3.10. The number of hydrogen-bond acceptors (Lipinski definition) is 6. The molecule has 2 aliphatic heterocycles. The Kier molecular flexibility index (Phi) is 13.8. The molecule has 0 aromatic heterocycles. The van der Waals surface area contributed by atoms with Crippen molar-refractivity contribution in [2.75, 3.05) is 62.2 Å². The lowest BCUT2D eigenvalue weighted by molar-refractivity contribution is 0.100. The van der Waals surface area contributed by atoms with Crippen molar-refractivity contribution in [2.45, 2.75) is 25.7 Å². The smallest absolute Gasteiger partial charge is 0.159 e. The Labute approximate surface area is 277 Å². The van der Waals surface area contributed by atoms with E-state index in [9.17, 15) is 9.59 Å². The highest BCUT2D eigenvalue weighted by atomic mass is 79.9. The molecule has 7 heteroatoms. The third kappa shape index (κ3) is 11.3. The minimum atomic E-state index is 0.124. The Morgan fingerprint density at radius 2 is 1.00 bits per heavy atom. The number of benzene rings is 4. The molecule has 0 spiro atoms. The predicted molar refractivity (Wildman–Crippen MR) is 191 cm³/mol. The Bertz CT molecular complexity index is 1430. The molecule has 2 fully saturated rings. The second kappa shape index (κ2) is 18.3. The number of nitrogens with zero attached hydrogens (tertiary/aromatic N) is 3. The van der Waals surface area contributed by atoms with Gasteiger partial charge in [0.05, 0.1) is 0 Å². The summed E-state index contributed by atoms with van der Waals surface area (Å²) in [6, 6.07) is 36.7. The molecule has 2 aliphatic rings. The van der Waals surface area contributed by atoms with E-state index in [-0.39, 0.29) is 11.6 Å². The number of Topliss-reactive ketones (excluding diaryl/α,β-unsaturated/α-hetero) is 2. The first-order chi connectivity index (χ1) is 21.9. The number of piperazine rings is 2. The van der Waals surface area contributed by atoms with Gasteiger partial charge in [0.1, 0.15) is 0 Å². The van der Waals surface area contributed by atoms with Gasteiger partial charge in [0.2, 0.25) is 0 Å². The Balaban J connectivity index is 0.000000172. The maximum Gasteiger partial charge on any atom is 0.159 e. The van der Waals surface area contributed by atoms with Crippen LogP contribution in [0.15, 0.2) is 109 Å². The van der Waals surface area contributed by atoms with Crippen LogP contribution in [0.5, 0.6) is 0 Å². The predicted octanol–water partition coefficient (Wildman–Crippen LogP) is 7.09. The number of halogens is 1. The van der Waals surface area contributed by atoms with Crippen LogP contribution in [0.25, 0.3) is 0 Å². The van der Waals surface area contributed by atoms with Crippen LogP contribution in [0.2, 0.25) is 0 Å². The molecule has 0 radical (unpaired) electrons. The number of nitrogens with one attached hydrogen (secondary N) is 1. The Hall–Kier alpha value is -3.78. The highest BCUT2D eigenvalue weighted by molar-refractivity contribution is 9.08. The molecule has 4 aromatic carbocycles. The fraction of sp³-hybridized carbons (Fsp3) is 0.316. The maximum atomic E-state index is 11.3. The summed E-state index contributed by atoms with van der Waals surface area (Å²) < 4.78 is 0. The van der Waals surface area contributed by atoms with E-state index in [2.05, 4.69) is 90.5 Å². The third-order valence-corrected chi connectivity index (χ3v) is 8.66. The van der Waals surface area contributed by atoms with Gasteiger partial charge in [-0.25, -0.2) is 0 Å². The summed E-state index contributed by atoms with van der Waals surface area (Å²) in [6.45, 7) is 12.6. The second-order valence-corrected chi connectivity index (χ2v) is 11.9. The van der Waals surface area contributed by atoms with Gasteiger partial charge < -0.3 is 15.1 Å². The van der Waals surface area contributed by atoms with Gasteiger partial charge in [-0.1, -0.05) is 76.6 Å². The Morgan fingerprint density at radius 1 is 0.578 bits per heavy atom. The molecule has 236 valence electrons. The lowest BCUT2D eigenvalue weighted by atomic mass is 10.1. The molecule has 2 saturated heterocycles. The van der Waals surface area contributed by atoms with Crippen LogP contribution in [0.1, 0.15) is 45.7 Å². The summed E-state index contributed by atoms with van der Waals surface area (Å²) in [6.07, 6.45) is 0. The number of ketones is 2. The normalized spacial score (nSPS) is 14.8. The molecule has 0 unspecified atom stereocenters. The van der Waals surface area contributed by atoms with E-state index in [4.69, 9.17) is 0 Å². The molecule has 0 bridgehead atoms. The molecular formula is C38H45BrN4O2. The summed E-state index contributed by atoms with van der Waals surface area (Å²) in [7, 11) is 0. The molecule has 6 nitrogen and oxygen atoms in total.